The highest BCUT2D eigenvalue weighted by molar-refractivity contribution is 6.04. The monoisotopic (exact) mass is 326 g/mol. The van der Waals surface area contributed by atoms with E-state index in [1.54, 1.807) is 0 Å². The highest BCUT2D eigenvalue weighted by Crippen LogP contribution is 2.28. The van der Waals surface area contributed by atoms with Crippen molar-refractivity contribution >= 4 is 17.3 Å². The Bertz CT molecular complexity index is 779. The summed E-state index contributed by atoms with van der Waals surface area (Å²) in [5.41, 5.74) is 1.87. The molecule has 24 heavy (non-hydrogen) atoms. The van der Waals surface area contributed by atoms with Gasteiger partial charge in [0.05, 0.1) is 11.4 Å². The van der Waals surface area contributed by atoms with Crippen LogP contribution >= 0.6 is 0 Å². The minimum atomic E-state index is -0.300. The lowest BCUT2D eigenvalue weighted by atomic mass is 10.2. The minimum absolute atomic E-state index is 0.189. The number of aromatic nitrogens is 2. The first-order chi connectivity index (χ1) is 11.7. The van der Waals surface area contributed by atoms with E-state index in [1.165, 1.54) is 29.7 Å². The predicted octanol–water partition coefficient (Wildman–Crippen LogP) is 2.51. The zero-order valence-corrected chi connectivity index (χ0v) is 13.9. The second-order valence-electron chi connectivity index (χ2n) is 5.95. The maximum atomic E-state index is 12.5. The molecule has 1 fully saturated rings. The first-order valence-electron chi connectivity index (χ1n) is 8.42. The van der Waals surface area contributed by atoms with Gasteiger partial charge in [0.15, 0.2) is 0 Å². The predicted molar refractivity (Wildman–Crippen MR) is 94.6 cm³/mol. The van der Waals surface area contributed by atoms with Crippen molar-refractivity contribution in [2.75, 3.05) is 23.3 Å². The van der Waals surface area contributed by atoms with Crippen LogP contribution in [0.1, 0.15) is 36.7 Å². The maximum absolute atomic E-state index is 12.5. The lowest BCUT2D eigenvalue weighted by Gasteiger charge is -2.21. The normalized spacial score (nSPS) is 14.0. The third kappa shape index (κ3) is 3.48. The Kier molecular flexibility index (Phi) is 4.93. The van der Waals surface area contributed by atoms with Gasteiger partial charge in [-0.15, -0.1) is 0 Å². The summed E-state index contributed by atoms with van der Waals surface area (Å²) in [4.78, 5) is 26.6. The van der Waals surface area contributed by atoms with E-state index >= 15 is 0 Å². The number of amides is 1. The Morgan fingerprint density at radius 3 is 2.67 bits per heavy atom. The molecule has 0 radical (unpaired) electrons. The van der Waals surface area contributed by atoms with Crippen LogP contribution in [-0.2, 0) is 6.54 Å². The van der Waals surface area contributed by atoms with Gasteiger partial charge in [0.1, 0.15) is 5.69 Å². The molecule has 6 nitrogen and oxygen atoms in total. The van der Waals surface area contributed by atoms with E-state index in [1.807, 2.05) is 31.2 Å². The average Bonchev–Trinajstić information content (AvgIpc) is 3.12. The number of aryl methyl sites for hydroxylation is 1. The Balaban J connectivity index is 1.83. The van der Waals surface area contributed by atoms with Gasteiger partial charge in [0, 0.05) is 25.7 Å². The zero-order chi connectivity index (χ0) is 16.9. The molecule has 0 unspecified atom stereocenters. The molecule has 1 amide bonds. The van der Waals surface area contributed by atoms with Crippen molar-refractivity contribution in [3.63, 3.8) is 0 Å². The summed E-state index contributed by atoms with van der Waals surface area (Å²) in [6.07, 6.45) is 3.13. The lowest BCUT2D eigenvalue weighted by molar-refractivity contribution is 0.102. The van der Waals surface area contributed by atoms with Crippen LogP contribution in [0.3, 0.4) is 0 Å². The molecular formula is C18H22N4O2. The van der Waals surface area contributed by atoms with Crippen molar-refractivity contribution in [2.24, 2.45) is 0 Å². The van der Waals surface area contributed by atoms with E-state index in [4.69, 9.17) is 0 Å². The van der Waals surface area contributed by atoms with Gasteiger partial charge in [-0.25, -0.2) is 4.68 Å². The fourth-order valence-corrected chi connectivity index (χ4v) is 2.94. The summed E-state index contributed by atoms with van der Waals surface area (Å²) in [5, 5.41) is 7.10. The number of hydrogen-bond acceptors (Lipinski definition) is 4. The van der Waals surface area contributed by atoms with E-state index < -0.39 is 0 Å². The van der Waals surface area contributed by atoms with Gasteiger partial charge in [-0.1, -0.05) is 19.1 Å². The molecule has 0 bridgehead atoms. The molecule has 2 aromatic rings. The second-order valence-corrected chi connectivity index (χ2v) is 5.95. The summed E-state index contributed by atoms with van der Waals surface area (Å²) < 4.78 is 1.33. The topological polar surface area (TPSA) is 67.2 Å². The van der Waals surface area contributed by atoms with Crippen molar-refractivity contribution in [3.8, 4) is 0 Å². The number of benzene rings is 1. The van der Waals surface area contributed by atoms with E-state index in [-0.39, 0.29) is 17.2 Å². The van der Waals surface area contributed by atoms with E-state index in [0.717, 1.165) is 30.9 Å². The van der Waals surface area contributed by atoms with Crippen LogP contribution < -0.4 is 15.8 Å². The molecule has 1 aromatic heterocycles. The van der Waals surface area contributed by atoms with Crippen LogP contribution in [0.25, 0.3) is 0 Å². The number of nitrogens with zero attached hydrogens (tertiary/aromatic N) is 3. The average molecular weight is 326 g/mol. The number of anilines is 2. The van der Waals surface area contributed by atoms with Crippen LogP contribution in [-0.4, -0.2) is 28.8 Å². The Hall–Kier alpha value is -2.63. The summed E-state index contributed by atoms with van der Waals surface area (Å²) in [7, 11) is 0. The quantitative estimate of drug-likeness (QED) is 0.917. The molecule has 0 aliphatic carbocycles. The first-order valence-corrected chi connectivity index (χ1v) is 8.42. The fourth-order valence-electron chi connectivity index (χ4n) is 2.94. The molecular weight excluding hydrogens is 304 g/mol. The van der Waals surface area contributed by atoms with Crippen LogP contribution in [0.4, 0.5) is 11.4 Å². The molecule has 1 N–H and O–H groups in total. The van der Waals surface area contributed by atoms with Crippen LogP contribution in [0.15, 0.2) is 41.2 Å². The van der Waals surface area contributed by atoms with E-state index in [0.29, 0.717) is 6.54 Å². The molecule has 126 valence electrons. The largest absolute Gasteiger partial charge is 0.370 e. The molecule has 3 rings (SSSR count). The van der Waals surface area contributed by atoms with E-state index in [2.05, 4.69) is 15.3 Å². The third-order valence-electron chi connectivity index (χ3n) is 4.13. The fraction of sp³-hybridized carbons (Fsp3) is 0.389. The molecule has 2 heterocycles. The summed E-state index contributed by atoms with van der Waals surface area (Å²) >= 11 is 0. The van der Waals surface area contributed by atoms with Crippen molar-refractivity contribution in [2.45, 2.75) is 32.7 Å². The maximum Gasteiger partial charge on any atom is 0.276 e. The van der Waals surface area contributed by atoms with Crippen LogP contribution in [0, 0.1) is 0 Å². The van der Waals surface area contributed by atoms with Gasteiger partial charge in [-0.2, -0.15) is 5.10 Å². The first kappa shape index (κ1) is 16.2. The molecule has 1 aliphatic heterocycles. The van der Waals surface area contributed by atoms with E-state index in [9.17, 15) is 9.59 Å². The van der Waals surface area contributed by atoms with Gasteiger partial charge in [0.25, 0.3) is 11.5 Å². The summed E-state index contributed by atoms with van der Waals surface area (Å²) in [6, 6.07) is 10.7. The smallest absolute Gasteiger partial charge is 0.276 e. The molecule has 6 heteroatoms. The van der Waals surface area contributed by atoms with Gasteiger partial charge in [0.2, 0.25) is 0 Å². The van der Waals surface area contributed by atoms with Crippen molar-refractivity contribution in [3.05, 3.63) is 52.4 Å². The lowest BCUT2D eigenvalue weighted by Crippen LogP contribution is -2.26. The van der Waals surface area contributed by atoms with Gasteiger partial charge in [-0.3, -0.25) is 9.59 Å². The number of carbonyl (C=O) groups excluding carboxylic acids is 1. The van der Waals surface area contributed by atoms with Crippen molar-refractivity contribution in [1.29, 1.82) is 0 Å². The standard InChI is InChI=1S/C18H22N4O2/c1-2-11-22-17(23)10-9-15(20-22)18(24)19-14-7-3-4-8-16(14)21-12-5-6-13-21/h3-4,7-10H,2,5-6,11-13H2,1H3,(H,19,24). The molecule has 1 aliphatic rings. The van der Waals surface area contributed by atoms with Crippen LogP contribution in [0.2, 0.25) is 0 Å². The number of carbonyl (C=O) groups is 1. The molecule has 0 saturated carbocycles. The van der Waals surface area contributed by atoms with Gasteiger partial charge >= 0.3 is 0 Å². The van der Waals surface area contributed by atoms with Crippen LogP contribution in [0.5, 0.6) is 0 Å². The highest BCUT2D eigenvalue weighted by atomic mass is 16.2. The number of rotatable bonds is 5. The van der Waals surface area contributed by atoms with Gasteiger partial charge < -0.3 is 10.2 Å². The van der Waals surface area contributed by atoms with Crippen molar-refractivity contribution in [1.82, 2.24) is 9.78 Å². The SMILES string of the molecule is CCCn1nc(C(=O)Nc2ccccc2N2CCCC2)ccc1=O. The van der Waals surface area contributed by atoms with Gasteiger partial charge in [-0.05, 0) is 37.5 Å². The summed E-state index contributed by atoms with van der Waals surface area (Å²) in [6.45, 7) is 4.48. The Labute approximate surface area is 141 Å². The molecule has 1 saturated heterocycles. The molecule has 0 atom stereocenters. The zero-order valence-electron chi connectivity index (χ0n) is 13.9. The second kappa shape index (κ2) is 7.29. The minimum Gasteiger partial charge on any atom is -0.370 e. The molecule has 0 spiro atoms. The number of hydrogen-bond donors (Lipinski definition) is 1. The molecule has 1 aromatic carbocycles. The number of nitrogens with one attached hydrogen (secondary N) is 1. The summed E-state index contributed by atoms with van der Waals surface area (Å²) in [5.74, 6) is -0.300. The Morgan fingerprint density at radius 1 is 1.17 bits per heavy atom. The third-order valence-corrected chi connectivity index (χ3v) is 4.13. The highest BCUT2D eigenvalue weighted by Gasteiger charge is 2.17. The Morgan fingerprint density at radius 2 is 1.92 bits per heavy atom. The number of para-hydroxylation sites is 2. The van der Waals surface area contributed by atoms with Crippen molar-refractivity contribution < 1.29 is 4.79 Å².